The van der Waals surface area contributed by atoms with Gasteiger partial charge in [-0.25, -0.2) is 0 Å². The molecule has 0 radical (unpaired) electrons. The first kappa shape index (κ1) is 14.1. The summed E-state index contributed by atoms with van der Waals surface area (Å²) in [6, 6.07) is 9.06. The van der Waals surface area contributed by atoms with Gasteiger partial charge in [-0.3, -0.25) is 4.79 Å². The number of carbonyl (C=O) groups is 1. The number of hydrogen-bond donors (Lipinski definition) is 3. The van der Waals surface area contributed by atoms with Crippen LogP contribution in [0.1, 0.15) is 31.5 Å². The molecule has 1 aliphatic carbocycles. The van der Waals surface area contributed by atoms with E-state index in [0.717, 1.165) is 19.3 Å². The number of aryl methyl sites for hydroxylation is 1. The van der Waals surface area contributed by atoms with Crippen molar-refractivity contribution in [2.45, 2.75) is 45.2 Å². The summed E-state index contributed by atoms with van der Waals surface area (Å²) < 4.78 is 0. The van der Waals surface area contributed by atoms with E-state index >= 15 is 0 Å². The summed E-state index contributed by atoms with van der Waals surface area (Å²) >= 11 is 0. The maximum atomic E-state index is 11.7. The fourth-order valence-electron chi connectivity index (χ4n) is 3.17. The van der Waals surface area contributed by atoms with Crippen LogP contribution in [-0.2, 0) is 17.6 Å². The van der Waals surface area contributed by atoms with Crippen LogP contribution in [0.2, 0.25) is 0 Å². The monoisotopic (exact) mass is 285 g/mol. The minimum Gasteiger partial charge on any atom is -0.358 e. The van der Waals surface area contributed by atoms with Crippen molar-refractivity contribution in [3.05, 3.63) is 35.5 Å². The number of aromatic nitrogens is 1. The number of benzene rings is 1. The Hall–Kier alpha value is -1.81. The first-order chi connectivity index (χ1) is 10.1. The molecule has 4 heteroatoms. The highest BCUT2D eigenvalue weighted by Gasteiger charge is 2.22. The molecule has 3 N–H and O–H groups in total. The lowest BCUT2D eigenvalue weighted by atomic mass is 9.92. The van der Waals surface area contributed by atoms with Gasteiger partial charge in [-0.15, -0.1) is 0 Å². The van der Waals surface area contributed by atoms with Gasteiger partial charge in [0.1, 0.15) is 0 Å². The van der Waals surface area contributed by atoms with E-state index in [2.05, 4.69) is 39.9 Å². The smallest absolute Gasteiger partial charge is 0.234 e. The molecule has 1 amide bonds. The molecule has 0 saturated heterocycles. The van der Waals surface area contributed by atoms with E-state index in [1.54, 1.807) is 0 Å². The molecule has 0 aliphatic heterocycles. The fourth-order valence-corrected chi connectivity index (χ4v) is 3.17. The third-order valence-corrected chi connectivity index (χ3v) is 4.10. The largest absolute Gasteiger partial charge is 0.358 e. The summed E-state index contributed by atoms with van der Waals surface area (Å²) in [6.07, 6.45) is 3.13. The molecule has 0 saturated carbocycles. The van der Waals surface area contributed by atoms with Gasteiger partial charge in [-0.05, 0) is 38.3 Å². The van der Waals surface area contributed by atoms with Crippen LogP contribution in [0.3, 0.4) is 0 Å². The Balaban J connectivity index is 1.63. The molecule has 0 bridgehead atoms. The van der Waals surface area contributed by atoms with E-state index in [1.807, 2.05) is 13.8 Å². The van der Waals surface area contributed by atoms with E-state index < -0.39 is 0 Å². The molecule has 1 atom stereocenters. The van der Waals surface area contributed by atoms with Crippen LogP contribution in [0.25, 0.3) is 10.9 Å². The summed E-state index contributed by atoms with van der Waals surface area (Å²) in [4.78, 5) is 15.2. The SMILES string of the molecule is CC(C)NC(=O)CNC1CCc2c([nH]c3ccccc23)C1. The van der Waals surface area contributed by atoms with Crippen LogP contribution < -0.4 is 10.6 Å². The molecule has 0 fully saturated rings. The Labute approximate surface area is 125 Å². The number of aromatic amines is 1. The Morgan fingerprint density at radius 3 is 3.00 bits per heavy atom. The first-order valence-electron chi connectivity index (χ1n) is 7.74. The third-order valence-electron chi connectivity index (χ3n) is 4.10. The van der Waals surface area contributed by atoms with E-state index in [-0.39, 0.29) is 11.9 Å². The Kier molecular flexibility index (Phi) is 3.97. The van der Waals surface area contributed by atoms with Crippen molar-refractivity contribution < 1.29 is 4.79 Å². The standard InChI is InChI=1S/C17H23N3O/c1-11(2)19-17(21)10-18-12-7-8-14-13-5-3-4-6-15(13)20-16(14)9-12/h3-6,11-12,18,20H,7-10H2,1-2H3,(H,19,21). The minimum absolute atomic E-state index is 0.0763. The Bertz CT molecular complexity index is 645. The number of amides is 1. The summed E-state index contributed by atoms with van der Waals surface area (Å²) in [5, 5.41) is 7.64. The molecule has 1 heterocycles. The van der Waals surface area contributed by atoms with Crippen LogP contribution in [0.5, 0.6) is 0 Å². The quantitative estimate of drug-likeness (QED) is 0.806. The molecule has 3 rings (SSSR count). The van der Waals surface area contributed by atoms with Gasteiger partial charge in [-0.1, -0.05) is 18.2 Å². The summed E-state index contributed by atoms with van der Waals surface area (Å²) in [5.41, 5.74) is 4.00. The lowest BCUT2D eigenvalue weighted by molar-refractivity contribution is -0.120. The van der Waals surface area contributed by atoms with Crippen molar-refractivity contribution in [3.8, 4) is 0 Å². The average molecular weight is 285 g/mol. The van der Waals surface area contributed by atoms with Gasteiger partial charge >= 0.3 is 0 Å². The number of hydrogen-bond acceptors (Lipinski definition) is 2. The van der Waals surface area contributed by atoms with Crippen molar-refractivity contribution >= 4 is 16.8 Å². The van der Waals surface area contributed by atoms with Gasteiger partial charge < -0.3 is 15.6 Å². The van der Waals surface area contributed by atoms with Crippen LogP contribution in [0.4, 0.5) is 0 Å². The molecule has 2 aromatic rings. The Morgan fingerprint density at radius 1 is 1.38 bits per heavy atom. The fraction of sp³-hybridized carbons (Fsp3) is 0.471. The number of H-pyrrole nitrogens is 1. The zero-order chi connectivity index (χ0) is 14.8. The van der Waals surface area contributed by atoms with Gasteiger partial charge in [0, 0.05) is 35.1 Å². The molecule has 1 aromatic heterocycles. The van der Waals surface area contributed by atoms with E-state index in [9.17, 15) is 4.79 Å². The minimum atomic E-state index is 0.0763. The van der Waals surface area contributed by atoms with Crippen LogP contribution in [0.15, 0.2) is 24.3 Å². The zero-order valence-corrected chi connectivity index (χ0v) is 12.7. The van der Waals surface area contributed by atoms with Crippen molar-refractivity contribution in [1.82, 2.24) is 15.6 Å². The average Bonchev–Trinajstić information content (AvgIpc) is 2.82. The second-order valence-corrected chi connectivity index (χ2v) is 6.17. The Morgan fingerprint density at radius 2 is 2.19 bits per heavy atom. The van der Waals surface area contributed by atoms with Crippen LogP contribution >= 0.6 is 0 Å². The molecular weight excluding hydrogens is 262 g/mol. The molecule has 4 nitrogen and oxygen atoms in total. The lowest BCUT2D eigenvalue weighted by Crippen LogP contribution is -2.43. The van der Waals surface area contributed by atoms with Crippen LogP contribution in [-0.4, -0.2) is 29.5 Å². The van der Waals surface area contributed by atoms with Crippen molar-refractivity contribution in [2.24, 2.45) is 0 Å². The molecule has 21 heavy (non-hydrogen) atoms. The van der Waals surface area contributed by atoms with Gasteiger partial charge in [-0.2, -0.15) is 0 Å². The molecule has 0 spiro atoms. The first-order valence-corrected chi connectivity index (χ1v) is 7.74. The topological polar surface area (TPSA) is 56.9 Å². The van der Waals surface area contributed by atoms with Crippen LogP contribution in [0, 0.1) is 0 Å². The van der Waals surface area contributed by atoms with Gasteiger partial charge in [0.25, 0.3) is 0 Å². The van der Waals surface area contributed by atoms with Crippen molar-refractivity contribution in [1.29, 1.82) is 0 Å². The highest BCUT2D eigenvalue weighted by molar-refractivity contribution is 5.85. The lowest BCUT2D eigenvalue weighted by Gasteiger charge is -2.23. The number of carbonyl (C=O) groups excluding carboxylic acids is 1. The van der Waals surface area contributed by atoms with Crippen molar-refractivity contribution in [2.75, 3.05) is 6.54 Å². The zero-order valence-electron chi connectivity index (χ0n) is 12.7. The second-order valence-electron chi connectivity index (χ2n) is 6.17. The maximum Gasteiger partial charge on any atom is 0.234 e. The summed E-state index contributed by atoms with van der Waals surface area (Å²) in [6.45, 7) is 4.36. The normalized spacial score (nSPS) is 18.0. The number of fused-ring (bicyclic) bond motifs is 3. The predicted octanol–water partition coefficient (Wildman–Crippen LogP) is 2.14. The molecule has 112 valence electrons. The summed E-state index contributed by atoms with van der Waals surface area (Å²) in [7, 11) is 0. The van der Waals surface area contributed by atoms with E-state index in [0.29, 0.717) is 12.6 Å². The van der Waals surface area contributed by atoms with E-state index in [1.165, 1.54) is 22.2 Å². The molecule has 1 unspecified atom stereocenters. The third kappa shape index (κ3) is 3.10. The number of rotatable bonds is 4. The number of nitrogens with one attached hydrogen (secondary N) is 3. The summed E-state index contributed by atoms with van der Waals surface area (Å²) in [5.74, 6) is 0.0763. The highest BCUT2D eigenvalue weighted by Crippen LogP contribution is 2.28. The second kappa shape index (κ2) is 5.90. The predicted molar refractivity (Wildman–Crippen MR) is 85.4 cm³/mol. The molecule has 1 aliphatic rings. The van der Waals surface area contributed by atoms with Crippen molar-refractivity contribution in [3.63, 3.8) is 0 Å². The molecular formula is C17H23N3O. The highest BCUT2D eigenvalue weighted by atomic mass is 16.1. The van der Waals surface area contributed by atoms with Gasteiger partial charge in [0.15, 0.2) is 0 Å². The number of para-hydroxylation sites is 1. The van der Waals surface area contributed by atoms with Gasteiger partial charge in [0.2, 0.25) is 5.91 Å². The van der Waals surface area contributed by atoms with E-state index in [4.69, 9.17) is 0 Å². The maximum absolute atomic E-state index is 11.7. The van der Waals surface area contributed by atoms with Gasteiger partial charge in [0.05, 0.1) is 6.54 Å². The molecule has 1 aromatic carbocycles.